The van der Waals surface area contributed by atoms with E-state index >= 15 is 0 Å². The van der Waals surface area contributed by atoms with Gasteiger partial charge in [0.2, 0.25) is 0 Å². The summed E-state index contributed by atoms with van der Waals surface area (Å²) >= 11 is 0. The largest absolute Gasteiger partial charge is 0.481 e. The van der Waals surface area contributed by atoms with Gasteiger partial charge < -0.3 is 15.3 Å². The number of nitrogens with zero attached hydrogens (tertiary/aromatic N) is 1. The number of carboxylic acid groups (broad SMARTS) is 1. The maximum Gasteiger partial charge on any atom is 0.317 e. The van der Waals surface area contributed by atoms with Crippen molar-refractivity contribution >= 4 is 12.0 Å². The molecule has 1 saturated carbocycles. The first-order chi connectivity index (χ1) is 7.40. The number of carbonyl (C=O) groups excluding carboxylic acids is 1. The highest BCUT2D eigenvalue weighted by Crippen LogP contribution is 2.50. The summed E-state index contributed by atoms with van der Waals surface area (Å²) in [6.07, 6.45) is 1.16. The van der Waals surface area contributed by atoms with Crippen LogP contribution in [0.15, 0.2) is 0 Å². The van der Waals surface area contributed by atoms with Crippen molar-refractivity contribution in [2.45, 2.75) is 20.3 Å². The maximum absolute atomic E-state index is 11.6. The van der Waals surface area contributed by atoms with E-state index in [2.05, 4.69) is 19.2 Å². The lowest BCUT2D eigenvalue weighted by molar-refractivity contribution is -0.146. The monoisotopic (exact) mass is 226 g/mol. The van der Waals surface area contributed by atoms with Gasteiger partial charge in [-0.3, -0.25) is 4.79 Å². The first kappa shape index (κ1) is 11.2. The molecule has 1 atom stereocenters. The Bertz CT molecular complexity index is 321. The highest BCUT2D eigenvalue weighted by Gasteiger charge is 2.45. The van der Waals surface area contributed by atoms with Crippen LogP contribution >= 0.6 is 0 Å². The van der Waals surface area contributed by atoms with Crippen LogP contribution in [0.25, 0.3) is 0 Å². The highest BCUT2D eigenvalue weighted by molar-refractivity contribution is 5.79. The molecule has 5 heteroatoms. The molecule has 0 aromatic heterocycles. The van der Waals surface area contributed by atoms with Gasteiger partial charge in [-0.2, -0.15) is 0 Å². The van der Waals surface area contributed by atoms with Crippen LogP contribution in [0, 0.1) is 17.3 Å². The molecular weight excluding hydrogens is 208 g/mol. The van der Waals surface area contributed by atoms with Crippen LogP contribution in [0.4, 0.5) is 4.79 Å². The first-order valence-corrected chi connectivity index (χ1v) is 5.66. The lowest BCUT2D eigenvalue weighted by atomic mass is 10.0. The van der Waals surface area contributed by atoms with Crippen molar-refractivity contribution in [2.24, 2.45) is 17.3 Å². The molecule has 2 N–H and O–H groups in total. The summed E-state index contributed by atoms with van der Waals surface area (Å²) in [7, 11) is 0. The normalized spacial score (nSPS) is 27.1. The van der Waals surface area contributed by atoms with Crippen molar-refractivity contribution in [3.63, 3.8) is 0 Å². The Balaban J connectivity index is 1.65. The van der Waals surface area contributed by atoms with E-state index < -0.39 is 5.97 Å². The molecule has 2 amide bonds. The Morgan fingerprint density at radius 2 is 2.00 bits per heavy atom. The van der Waals surface area contributed by atoms with Gasteiger partial charge in [0.25, 0.3) is 0 Å². The second-order valence-corrected chi connectivity index (χ2v) is 5.52. The molecule has 1 aliphatic heterocycles. The quantitative estimate of drug-likeness (QED) is 0.746. The molecule has 1 unspecified atom stereocenters. The average Bonchev–Trinajstić information content (AvgIpc) is 2.67. The molecule has 16 heavy (non-hydrogen) atoms. The molecule has 90 valence electrons. The first-order valence-electron chi connectivity index (χ1n) is 5.66. The summed E-state index contributed by atoms with van der Waals surface area (Å²) < 4.78 is 0. The van der Waals surface area contributed by atoms with Crippen molar-refractivity contribution in [1.29, 1.82) is 0 Å². The minimum absolute atomic E-state index is 0.125. The molecule has 5 nitrogen and oxygen atoms in total. The Kier molecular flexibility index (Phi) is 2.56. The van der Waals surface area contributed by atoms with E-state index in [1.165, 1.54) is 0 Å². The fraction of sp³-hybridized carbons (Fsp3) is 0.818. The average molecular weight is 226 g/mol. The summed E-state index contributed by atoms with van der Waals surface area (Å²) in [6, 6.07) is -0.125. The molecule has 2 fully saturated rings. The zero-order valence-corrected chi connectivity index (χ0v) is 9.69. The number of carboxylic acids is 1. The molecule has 2 rings (SSSR count). The maximum atomic E-state index is 11.6. The number of hydrogen-bond acceptors (Lipinski definition) is 2. The number of hydrogen-bond donors (Lipinski definition) is 2. The lowest BCUT2D eigenvalue weighted by Gasteiger charge is -2.36. The molecule has 1 aliphatic carbocycles. The number of carbonyl (C=O) groups is 2. The lowest BCUT2D eigenvalue weighted by Crippen LogP contribution is -2.56. The number of urea groups is 1. The highest BCUT2D eigenvalue weighted by atomic mass is 16.4. The van der Waals surface area contributed by atoms with Crippen molar-refractivity contribution < 1.29 is 14.7 Å². The van der Waals surface area contributed by atoms with Gasteiger partial charge in [-0.25, -0.2) is 4.79 Å². The van der Waals surface area contributed by atoms with Gasteiger partial charge in [0.1, 0.15) is 0 Å². The molecule has 1 saturated heterocycles. The fourth-order valence-electron chi connectivity index (χ4n) is 2.05. The van der Waals surface area contributed by atoms with Crippen LogP contribution in [0.3, 0.4) is 0 Å². The second-order valence-electron chi connectivity index (χ2n) is 5.52. The Hall–Kier alpha value is -1.26. The van der Waals surface area contributed by atoms with Gasteiger partial charge in [-0.05, 0) is 17.8 Å². The smallest absolute Gasteiger partial charge is 0.317 e. The zero-order valence-electron chi connectivity index (χ0n) is 9.69. The van der Waals surface area contributed by atoms with Crippen molar-refractivity contribution in [3.8, 4) is 0 Å². The van der Waals surface area contributed by atoms with Gasteiger partial charge in [-0.15, -0.1) is 0 Å². The number of aliphatic carboxylic acids is 1. The Labute approximate surface area is 94.8 Å². The third kappa shape index (κ3) is 2.13. The summed E-state index contributed by atoms with van der Waals surface area (Å²) in [5.41, 5.74) is 0.367. The molecule has 2 aliphatic rings. The predicted octanol–water partition coefficient (Wildman–Crippen LogP) is 0.758. The van der Waals surface area contributed by atoms with Crippen molar-refractivity contribution in [3.05, 3.63) is 0 Å². The number of rotatable bonds is 3. The van der Waals surface area contributed by atoms with E-state index in [1.54, 1.807) is 4.90 Å². The molecule has 0 aromatic rings. The third-order valence-electron chi connectivity index (χ3n) is 3.74. The summed E-state index contributed by atoms with van der Waals surface area (Å²) in [6.45, 7) is 5.77. The summed E-state index contributed by atoms with van der Waals surface area (Å²) in [5.74, 6) is -0.608. The van der Waals surface area contributed by atoms with Crippen LogP contribution in [0.5, 0.6) is 0 Å². The van der Waals surface area contributed by atoms with E-state index in [0.717, 1.165) is 6.42 Å². The van der Waals surface area contributed by atoms with Crippen LogP contribution < -0.4 is 5.32 Å². The topological polar surface area (TPSA) is 69.6 Å². The Morgan fingerprint density at radius 3 is 2.44 bits per heavy atom. The number of amides is 2. The fourth-order valence-corrected chi connectivity index (χ4v) is 2.05. The van der Waals surface area contributed by atoms with Gasteiger partial charge in [0, 0.05) is 19.6 Å². The zero-order chi connectivity index (χ0) is 11.9. The molecule has 0 bridgehead atoms. The van der Waals surface area contributed by atoms with E-state index in [4.69, 9.17) is 5.11 Å². The van der Waals surface area contributed by atoms with Crippen molar-refractivity contribution in [2.75, 3.05) is 19.6 Å². The van der Waals surface area contributed by atoms with Crippen LogP contribution in [0.2, 0.25) is 0 Å². The number of likely N-dealkylation sites (tertiary alicyclic amines) is 1. The molecule has 0 radical (unpaired) electrons. The minimum atomic E-state index is -0.813. The van der Waals surface area contributed by atoms with E-state index in [9.17, 15) is 9.59 Å². The standard InChI is InChI=1S/C11H18N2O3/c1-11(2)3-8(11)4-12-10(16)13-5-7(6-13)9(14)15/h7-8H,3-6H2,1-2H3,(H,12,16)(H,14,15). The van der Waals surface area contributed by atoms with Gasteiger partial charge in [-0.1, -0.05) is 13.8 Å². The Morgan fingerprint density at radius 1 is 1.44 bits per heavy atom. The molecule has 1 heterocycles. The van der Waals surface area contributed by atoms with Crippen LogP contribution in [-0.4, -0.2) is 41.6 Å². The SMILES string of the molecule is CC1(C)CC1CNC(=O)N1CC(C(=O)O)C1. The van der Waals surface area contributed by atoms with E-state index in [-0.39, 0.29) is 11.9 Å². The van der Waals surface area contributed by atoms with E-state index in [1.807, 2.05) is 0 Å². The molecule has 0 aromatic carbocycles. The second kappa shape index (κ2) is 3.64. The van der Waals surface area contributed by atoms with Crippen LogP contribution in [-0.2, 0) is 4.79 Å². The predicted molar refractivity (Wildman–Crippen MR) is 58.0 cm³/mol. The van der Waals surface area contributed by atoms with Crippen LogP contribution in [0.1, 0.15) is 20.3 Å². The minimum Gasteiger partial charge on any atom is -0.481 e. The summed E-state index contributed by atoms with van der Waals surface area (Å²) in [4.78, 5) is 23.7. The van der Waals surface area contributed by atoms with Crippen molar-refractivity contribution in [1.82, 2.24) is 10.2 Å². The summed E-state index contributed by atoms with van der Waals surface area (Å²) in [5, 5.41) is 11.5. The molecular formula is C11H18N2O3. The molecule has 0 spiro atoms. The van der Waals surface area contributed by atoms with E-state index in [0.29, 0.717) is 31.0 Å². The van der Waals surface area contributed by atoms with Gasteiger partial charge in [0.05, 0.1) is 5.92 Å². The van der Waals surface area contributed by atoms with Gasteiger partial charge >= 0.3 is 12.0 Å². The van der Waals surface area contributed by atoms with Gasteiger partial charge in [0.15, 0.2) is 0 Å². The third-order valence-corrected chi connectivity index (χ3v) is 3.74. The number of nitrogens with one attached hydrogen (secondary N) is 1.